The molecule has 5 nitrogen and oxygen atoms in total. The Morgan fingerprint density at radius 2 is 1.44 bits per heavy atom. The monoisotopic (exact) mass is 557 g/mol. The second-order valence-electron chi connectivity index (χ2n) is 11.7. The quantitative estimate of drug-likeness (QED) is 0.168. The van der Waals surface area contributed by atoms with Crippen molar-refractivity contribution in [1.29, 1.82) is 10.8 Å². The number of benzene rings is 5. The first-order valence-corrected chi connectivity index (χ1v) is 14.3. The normalized spacial score (nSPS) is 15.6. The predicted molar refractivity (Wildman–Crippen MR) is 176 cm³/mol. The first kappa shape index (κ1) is 25.2. The highest BCUT2D eigenvalue weighted by molar-refractivity contribution is 6.38. The molecule has 0 amide bonds. The first-order valence-electron chi connectivity index (χ1n) is 14.3. The average Bonchev–Trinajstić information content (AvgIpc) is 3.42. The molecular weight excluding hydrogens is 530 g/mol. The van der Waals surface area contributed by atoms with Gasteiger partial charge in [0.2, 0.25) is 5.43 Å². The molecule has 8 rings (SSSR count). The van der Waals surface area contributed by atoms with Gasteiger partial charge in [-0.2, -0.15) is 0 Å². The van der Waals surface area contributed by atoms with Crippen molar-refractivity contribution in [2.45, 2.75) is 19.3 Å². The summed E-state index contributed by atoms with van der Waals surface area (Å²) in [7, 11) is 0. The van der Waals surface area contributed by atoms with E-state index in [0.717, 1.165) is 33.6 Å². The molecule has 0 bridgehead atoms. The molecule has 206 valence electrons. The molecule has 2 N–H and O–H groups in total. The van der Waals surface area contributed by atoms with E-state index in [9.17, 15) is 4.79 Å². The van der Waals surface area contributed by atoms with Gasteiger partial charge in [-0.25, -0.2) is 0 Å². The molecule has 0 fully saturated rings. The number of anilines is 2. The Labute approximate surface area is 248 Å². The smallest absolute Gasteiger partial charge is 0.200 e. The Morgan fingerprint density at radius 3 is 2.26 bits per heavy atom. The van der Waals surface area contributed by atoms with Crippen molar-refractivity contribution >= 4 is 50.9 Å². The van der Waals surface area contributed by atoms with Crippen LogP contribution in [0.2, 0.25) is 0 Å². The maximum absolute atomic E-state index is 13.0. The number of allylic oxidation sites excluding steroid dienone is 1. The zero-order chi connectivity index (χ0) is 29.5. The van der Waals surface area contributed by atoms with Crippen molar-refractivity contribution < 1.29 is 4.42 Å². The van der Waals surface area contributed by atoms with E-state index in [-0.39, 0.29) is 10.8 Å². The maximum atomic E-state index is 13.0. The highest BCUT2D eigenvalue weighted by Crippen LogP contribution is 2.53. The zero-order valence-corrected chi connectivity index (χ0v) is 23.7. The number of para-hydroxylation sites is 1. The van der Waals surface area contributed by atoms with Crippen molar-refractivity contribution in [3.63, 3.8) is 0 Å². The topological polar surface area (TPSA) is 81.2 Å². The Morgan fingerprint density at radius 1 is 0.721 bits per heavy atom. The van der Waals surface area contributed by atoms with Crippen molar-refractivity contribution in [2.75, 3.05) is 4.90 Å². The molecule has 0 radical (unpaired) electrons. The minimum absolute atomic E-state index is 0.0310. The lowest BCUT2D eigenvalue weighted by atomic mass is 9.82. The van der Waals surface area contributed by atoms with Crippen LogP contribution < -0.4 is 10.3 Å². The minimum Gasteiger partial charge on any atom is -0.456 e. The van der Waals surface area contributed by atoms with Gasteiger partial charge in [0.15, 0.2) is 0 Å². The molecule has 5 heteroatoms. The standard InChI is InChI=1S/C38H27N3O2/c1-38(2)31-9-5-3-7-25(31)29-20-30-26(17-18-39)37(40)41(33(30)21-32(29)38)24-14-11-22(12-15-24)23-13-16-28-35(19-23)43-34-10-6-4-8-27(34)36(28)42/h3-21,39-40H,1-2H3/b26-17-,39-18?,40-37?. The number of nitrogens with one attached hydrogen (secondary N) is 2. The van der Waals surface area contributed by atoms with E-state index in [1.54, 1.807) is 12.1 Å². The summed E-state index contributed by atoms with van der Waals surface area (Å²) in [5.41, 5.74) is 11.3. The molecule has 2 aliphatic rings. The van der Waals surface area contributed by atoms with Gasteiger partial charge < -0.3 is 9.83 Å². The summed E-state index contributed by atoms with van der Waals surface area (Å²) in [4.78, 5) is 15.0. The van der Waals surface area contributed by atoms with Crippen molar-refractivity contribution in [1.82, 2.24) is 0 Å². The molecule has 1 aliphatic carbocycles. The van der Waals surface area contributed by atoms with E-state index in [1.165, 1.54) is 28.5 Å². The summed E-state index contributed by atoms with van der Waals surface area (Å²) in [6.07, 6.45) is 2.97. The van der Waals surface area contributed by atoms with Gasteiger partial charge >= 0.3 is 0 Å². The van der Waals surface area contributed by atoms with Gasteiger partial charge in [0, 0.05) is 28.5 Å². The van der Waals surface area contributed by atoms with E-state index in [1.807, 2.05) is 65.6 Å². The van der Waals surface area contributed by atoms with E-state index in [4.69, 9.17) is 15.2 Å². The third-order valence-corrected chi connectivity index (χ3v) is 9.00. The summed E-state index contributed by atoms with van der Waals surface area (Å²) >= 11 is 0. The summed E-state index contributed by atoms with van der Waals surface area (Å²) in [5, 5.41) is 18.1. The molecule has 2 heterocycles. The number of rotatable bonds is 3. The van der Waals surface area contributed by atoms with Crippen LogP contribution >= 0.6 is 0 Å². The summed E-state index contributed by atoms with van der Waals surface area (Å²) in [6.45, 7) is 4.51. The fraction of sp³-hybridized carbons (Fsp3) is 0.0789. The van der Waals surface area contributed by atoms with Crippen molar-refractivity contribution in [2.24, 2.45) is 0 Å². The summed E-state index contributed by atoms with van der Waals surface area (Å²) in [5.74, 6) is 0.348. The Hall–Kier alpha value is -5.55. The fourth-order valence-electron chi connectivity index (χ4n) is 6.81. The summed E-state index contributed by atoms with van der Waals surface area (Å²) in [6, 6.07) is 34.1. The second kappa shape index (κ2) is 8.97. The molecule has 0 saturated heterocycles. The molecule has 6 aromatic rings. The van der Waals surface area contributed by atoms with Gasteiger partial charge in [0.1, 0.15) is 17.0 Å². The van der Waals surface area contributed by atoms with E-state index < -0.39 is 0 Å². The maximum Gasteiger partial charge on any atom is 0.200 e. The fourth-order valence-corrected chi connectivity index (χ4v) is 6.81. The van der Waals surface area contributed by atoms with Crippen LogP contribution in [0.15, 0.2) is 118 Å². The molecule has 43 heavy (non-hydrogen) atoms. The van der Waals surface area contributed by atoms with E-state index in [2.05, 4.69) is 50.2 Å². The zero-order valence-electron chi connectivity index (χ0n) is 23.7. The van der Waals surface area contributed by atoms with Gasteiger partial charge in [-0.1, -0.05) is 68.4 Å². The molecule has 1 aromatic heterocycles. The largest absolute Gasteiger partial charge is 0.456 e. The lowest BCUT2D eigenvalue weighted by Crippen LogP contribution is -2.20. The second-order valence-corrected chi connectivity index (χ2v) is 11.7. The van der Waals surface area contributed by atoms with Crippen molar-refractivity contribution in [3.05, 3.63) is 136 Å². The van der Waals surface area contributed by atoms with Crippen LogP contribution in [-0.4, -0.2) is 12.1 Å². The Bertz CT molecular complexity index is 2270. The Balaban J connectivity index is 1.22. The van der Waals surface area contributed by atoms with Crippen LogP contribution in [0, 0.1) is 10.8 Å². The molecular formula is C38H27N3O2. The van der Waals surface area contributed by atoms with Crippen LogP contribution in [-0.2, 0) is 5.41 Å². The van der Waals surface area contributed by atoms with Crippen molar-refractivity contribution in [3.8, 4) is 22.3 Å². The van der Waals surface area contributed by atoms with Crippen LogP contribution in [0.1, 0.15) is 30.5 Å². The Kier molecular flexibility index (Phi) is 5.25. The lowest BCUT2D eigenvalue weighted by molar-refractivity contribution is 0.660. The SMILES string of the molecule is CC1(C)c2ccccc2-c2cc3c(cc21)N(c1ccc(-c2ccc4c(=O)c5ccccc5oc4c2)cc1)C(=N)/C3=C\C=N. The van der Waals surface area contributed by atoms with Gasteiger partial charge in [-0.05, 0) is 88.0 Å². The van der Waals surface area contributed by atoms with Crippen LogP contribution in [0.4, 0.5) is 11.4 Å². The first-order chi connectivity index (χ1) is 20.9. The highest BCUT2D eigenvalue weighted by atomic mass is 16.3. The number of hydrogen-bond donors (Lipinski definition) is 2. The van der Waals surface area contributed by atoms with Gasteiger partial charge in [0.25, 0.3) is 0 Å². The third kappa shape index (κ3) is 3.55. The minimum atomic E-state index is -0.164. The van der Waals surface area contributed by atoms with Crippen LogP contribution in [0.5, 0.6) is 0 Å². The molecule has 0 unspecified atom stereocenters. The number of amidine groups is 1. The van der Waals surface area contributed by atoms with Crippen LogP contribution in [0.25, 0.3) is 49.8 Å². The number of nitrogens with zero attached hydrogens (tertiary/aromatic N) is 1. The highest BCUT2D eigenvalue weighted by Gasteiger charge is 2.39. The van der Waals surface area contributed by atoms with E-state index >= 15 is 0 Å². The van der Waals surface area contributed by atoms with E-state index in [0.29, 0.717) is 27.8 Å². The molecule has 0 saturated carbocycles. The number of hydrogen-bond acceptors (Lipinski definition) is 4. The van der Waals surface area contributed by atoms with Crippen LogP contribution in [0.3, 0.4) is 0 Å². The summed E-state index contributed by atoms with van der Waals surface area (Å²) < 4.78 is 6.10. The molecule has 0 atom stereocenters. The molecule has 1 aliphatic heterocycles. The van der Waals surface area contributed by atoms with Gasteiger partial charge in [-0.15, -0.1) is 0 Å². The molecule has 5 aromatic carbocycles. The molecule has 0 spiro atoms. The lowest BCUT2D eigenvalue weighted by Gasteiger charge is -2.24. The predicted octanol–water partition coefficient (Wildman–Crippen LogP) is 9.08. The van der Waals surface area contributed by atoms with Gasteiger partial charge in [0.05, 0.1) is 16.5 Å². The van der Waals surface area contributed by atoms with Gasteiger partial charge in [-0.3, -0.25) is 15.1 Å². The average molecular weight is 558 g/mol. The number of fused-ring (bicyclic) bond motifs is 6. The third-order valence-electron chi connectivity index (χ3n) is 9.00.